The number of aliphatic hydroxyl groups excluding tert-OH is 1. The molecule has 0 amide bonds. The van der Waals surface area contributed by atoms with Crippen molar-refractivity contribution in [3.05, 3.63) is 24.3 Å². The van der Waals surface area contributed by atoms with Crippen molar-refractivity contribution in [1.82, 2.24) is 0 Å². The molecular formula is C59H116O11Si4. The Morgan fingerprint density at radius 3 is 1.45 bits per heavy atom. The third-order valence-electron chi connectivity index (χ3n) is 17.5. The fourth-order valence-corrected chi connectivity index (χ4v) is 14.5. The van der Waals surface area contributed by atoms with E-state index in [4.69, 9.17) is 36.7 Å². The minimum Gasteiger partial charge on any atom is -0.414 e. The van der Waals surface area contributed by atoms with Gasteiger partial charge in [-0.15, -0.1) is 0 Å². The number of ether oxygens (including phenoxy) is 4. The number of carbonyl (C=O) groups is 2. The molecule has 10 atom stereocenters. The van der Waals surface area contributed by atoms with Gasteiger partial charge in [0, 0.05) is 44.4 Å². The quantitative estimate of drug-likeness (QED) is 0.0365. The predicted molar refractivity (Wildman–Crippen MR) is 317 cm³/mol. The van der Waals surface area contributed by atoms with E-state index in [1.807, 2.05) is 47.6 Å². The summed E-state index contributed by atoms with van der Waals surface area (Å²) in [4.78, 5) is 26.4. The second-order valence-corrected chi connectivity index (χ2v) is 48.8. The molecule has 0 radical (unpaired) electrons. The molecular weight excluding hydrogens is 997 g/mol. The van der Waals surface area contributed by atoms with Gasteiger partial charge < -0.3 is 41.8 Å². The molecule has 74 heavy (non-hydrogen) atoms. The lowest BCUT2D eigenvalue weighted by molar-refractivity contribution is -0.330. The van der Waals surface area contributed by atoms with E-state index >= 15 is 0 Å². The summed E-state index contributed by atoms with van der Waals surface area (Å²) in [5.74, 6) is -1.38. The highest BCUT2D eigenvalue weighted by Gasteiger charge is 2.47. The zero-order valence-corrected chi connectivity index (χ0v) is 56.6. The van der Waals surface area contributed by atoms with Crippen LogP contribution in [0.1, 0.15) is 189 Å². The second-order valence-electron chi connectivity index (χ2n) is 29.8. The molecule has 15 heteroatoms. The third-order valence-corrected chi connectivity index (χ3v) is 35.6. The Bertz CT molecular complexity index is 1800. The number of Topliss-reactive ketones (excluding diaryl/α,β-unsaturated/α-hetero) is 1. The first-order valence-electron chi connectivity index (χ1n) is 28.5. The van der Waals surface area contributed by atoms with Gasteiger partial charge in [-0.05, 0) is 131 Å². The van der Waals surface area contributed by atoms with E-state index in [0.717, 1.165) is 6.29 Å². The molecule has 0 bridgehead atoms. The maximum Gasteiger partial charge on any atom is 0.192 e. The number of hydrogen-bond acceptors (Lipinski definition) is 11. The first-order valence-corrected chi connectivity index (χ1v) is 40.2. The summed E-state index contributed by atoms with van der Waals surface area (Å²) in [5.41, 5.74) is 0. The lowest BCUT2D eigenvalue weighted by atomic mass is 9.86. The van der Waals surface area contributed by atoms with Crippen LogP contribution in [0.25, 0.3) is 0 Å². The van der Waals surface area contributed by atoms with Crippen molar-refractivity contribution in [1.29, 1.82) is 0 Å². The zero-order chi connectivity index (χ0) is 57.5. The molecule has 11 nitrogen and oxygen atoms in total. The summed E-state index contributed by atoms with van der Waals surface area (Å²) in [5, 5.41) is 10.8. The van der Waals surface area contributed by atoms with Crippen LogP contribution < -0.4 is 0 Å². The van der Waals surface area contributed by atoms with Crippen LogP contribution >= 0.6 is 0 Å². The van der Waals surface area contributed by atoms with Gasteiger partial charge in [0.15, 0.2) is 44.8 Å². The van der Waals surface area contributed by atoms with E-state index < -0.39 is 50.9 Å². The maximum absolute atomic E-state index is 14.9. The van der Waals surface area contributed by atoms with Gasteiger partial charge >= 0.3 is 0 Å². The minimum atomic E-state index is -2.38. The Labute approximate surface area is 459 Å². The number of aliphatic hydroxyl groups is 1. The van der Waals surface area contributed by atoms with Crippen LogP contribution in [0.5, 0.6) is 0 Å². The Hall–Kier alpha value is -0.672. The summed E-state index contributed by atoms with van der Waals surface area (Å²) < 4.78 is 55.0. The average Bonchev–Trinajstić information content (AvgIpc) is 3.16. The summed E-state index contributed by atoms with van der Waals surface area (Å²) in [6, 6.07) is 0. The summed E-state index contributed by atoms with van der Waals surface area (Å²) >= 11 is 0. The number of carbonyl (C=O) groups excluding carboxylic acids is 2. The molecule has 0 unspecified atom stereocenters. The van der Waals surface area contributed by atoms with Crippen LogP contribution in [0.15, 0.2) is 24.3 Å². The van der Waals surface area contributed by atoms with Crippen molar-refractivity contribution in [2.24, 2.45) is 11.8 Å². The average molecular weight is 1110 g/mol. The number of aldehydes is 1. The van der Waals surface area contributed by atoms with Crippen LogP contribution in [-0.2, 0) is 46.2 Å². The molecule has 1 N–H and O–H groups in total. The van der Waals surface area contributed by atoms with Crippen molar-refractivity contribution in [2.75, 3.05) is 0 Å². The van der Waals surface area contributed by atoms with Crippen molar-refractivity contribution in [3.63, 3.8) is 0 Å². The highest BCUT2D eigenvalue weighted by atomic mass is 28.4. The van der Waals surface area contributed by atoms with Crippen LogP contribution in [0.4, 0.5) is 0 Å². The smallest absolute Gasteiger partial charge is 0.192 e. The van der Waals surface area contributed by atoms with E-state index in [-0.39, 0.29) is 99.4 Å². The number of allylic oxidation sites excluding steroid dienone is 1. The molecule has 2 aliphatic heterocycles. The lowest BCUT2D eigenvalue weighted by Crippen LogP contribution is -2.51. The Balaban J connectivity index is 2.56. The monoisotopic (exact) mass is 1110 g/mol. The molecule has 0 aromatic heterocycles. The Kier molecular flexibility index (Phi) is 25.1. The maximum atomic E-state index is 14.9. The van der Waals surface area contributed by atoms with E-state index in [1.165, 1.54) is 0 Å². The van der Waals surface area contributed by atoms with Crippen LogP contribution in [0.2, 0.25) is 72.5 Å². The SMILES string of the molecule is CC(C)[C@H](O)[C@H](C)[C@@H]1C[C@H](C[C@H]2C[C@@H](C/C=C/[C@@H](C[C@H](CC(=O)C[C@H](C[C@@H](C/C=C/C=O)O[Si](C)(C)C(C)(C)C)O[Si](C)(C)C(C)(C)C)O[Si](C)(C)C(C)(C)C)O[Si](C)(C)C(C)(C)C)OC(C)(C)O2)OC(C)(C)O1. The standard InChI is InChI=1S/C59H116O11Si4/c1-42(2)53(62)43(3)52-41-49(65-59(18,19)66-52)40-48-37-45(63-58(16,17)64-48)32-30-33-47(68-72(22,23)55(7,8)9)39-51(70-74(26,27)57(13,14)15)36-44(61)35-50(69-73(24,25)56(10,11)12)38-46(31-28-29-34-60)67-71(20,21)54(4,5)6/h28-30,33-34,42-43,45-53,62H,31-32,35-41H2,1-27H3/b29-28+,33-30+/t43-,45-,46-,47+,48-,49+,50-,51+,52+,53+/m1/s1. The van der Waals surface area contributed by atoms with Crippen LogP contribution in [-0.4, -0.2) is 117 Å². The molecule has 0 spiro atoms. The molecule has 2 aliphatic rings. The number of ketones is 1. The molecule has 434 valence electrons. The molecule has 2 fully saturated rings. The highest BCUT2D eigenvalue weighted by molar-refractivity contribution is 6.75. The molecule has 2 saturated heterocycles. The van der Waals surface area contributed by atoms with E-state index in [2.05, 4.69) is 155 Å². The van der Waals surface area contributed by atoms with Crippen LogP contribution in [0.3, 0.4) is 0 Å². The first kappa shape index (κ1) is 69.4. The van der Waals surface area contributed by atoms with Crippen LogP contribution in [0, 0.1) is 11.8 Å². The first-order chi connectivity index (χ1) is 33.1. The van der Waals surface area contributed by atoms with Gasteiger partial charge in [0.2, 0.25) is 0 Å². The van der Waals surface area contributed by atoms with Crippen molar-refractivity contribution < 1.29 is 51.3 Å². The third kappa shape index (κ3) is 22.1. The van der Waals surface area contributed by atoms with Gasteiger partial charge in [-0.25, -0.2) is 0 Å². The Morgan fingerprint density at radius 2 is 1.00 bits per heavy atom. The van der Waals surface area contributed by atoms with E-state index in [1.54, 1.807) is 6.08 Å². The fraction of sp³-hybridized carbons (Fsp3) is 0.898. The molecule has 0 aliphatic carbocycles. The van der Waals surface area contributed by atoms with Gasteiger partial charge in [0.25, 0.3) is 0 Å². The second kappa shape index (κ2) is 26.7. The summed E-state index contributed by atoms with van der Waals surface area (Å²) in [6.07, 6.45) is 11.4. The topological polar surface area (TPSA) is 128 Å². The van der Waals surface area contributed by atoms with E-state index in [0.29, 0.717) is 44.9 Å². The van der Waals surface area contributed by atoms with Gasteiger partial charge in [-0.1, -0.05) is 122 Å². The van der Waals surface area contributed by atoms with Gasteiger partial charge in [-0.3, -0.25) is 9.59 Å². The molecule has 2 rings (SSSR count). The van der Waals surface area contributed by atoms with E-state index in [9.17, 15) is 14.7 Å². The Morgan fingerprint density at radius 1 is 0.595 bits per heavy atom. The predicted octanol–water partition coefficient (Wildman–Crippen LogP) is 15.6. The zero-order valence-electron chi connectivity index (χ0n) is 52.6. The number of rotatable bonds is 27. The van der Waals surface area contributed by atoms with Gasteiger partial charge in [-0.2, -0.15) is 0 Å². The largest absolute Gasteiger partial charge is 0.414 e. The summed E-state index contributed by atoms with van der Waals surface area (Å²) in [7, 11) is -9.27. The van der Waals surface area contributed by atoms with Gasteiger partial charge in [0.05, 0.1) is 54.9 Å². The van der Waals surface area contributed by atoms with Crippen molar-refractivity contribution in [3.8, 4) is 0 Å². The van der Waals surface area contributed by atoms with Gasteiger partial charge in [0.1, 0.15) is 12.1 Å². The number of hydrogen-bond donors (Lipinski definition) is 1. The van der Waals surface area contributed by atoms with Crippen molar-refractivity contribution >= 4 is 45.3 Å². The molecule has 0 aromatic carbocycles. The fourth-order valence-electron chi connectivity index (χ4n) is 9.10. The lowest BCUT2D eigenvalue weighted by Gasteiger charge is -2.46. The minimum absolute atomic E-state index is 0.0195. The molecule has 0 aromatic rings. The summed E-state index contributed by atoms with van der Waals surface area (Å²) in [6.45, 7) is 59.2. The molecule has 0 saturated carbocycles. The molecule has 2 heterocycles. The van der Waals surface area contributed by atoms with Crippen molar-refractivity contribution in [2.45, 2.75) is 328 Å². The normalized spacial score (nSPS) is 24.5. The highest BCUT2D eigenvalue weighted by Crippen LogP contribution is 2.44.